The molecule has 0 atom stereocenters. The smallest absolute Gasteiger partial charge is 0.490 e. The number of hydrogen-bond donors (Lipinski definition) is 1. The summed E-state index contributed by atoms with van der Waals surface area (Å²) < 4.78 is 41.2. The van der Waals surface area contributed by atoms with Gasteiger partial charge in [0.2, 0.25) is 0 Å². The van der Waals surface area contributed by atoms with Gasteiger partial charge in [-0.15, -0.1) is 0 Å². The fourth-order valence-corrected chi connectivity index (χ4v) is 3.18. The van der Waals surface area contributed by atoms with Crippen LogP contribution < -0.4 is 4.74 Å². The monoisotopic (exact) mass is 437 g/mol. The SMILES string of the molecule is COc1ccc(CN2CCn3c(Cn4cccn4)cnc3C2)cc1.O=C(O)C(F)(F)F. The molecular weight excluding hydrogens is 415 g/mol. The predicted octanol–water partition coefficient (Wildman–Crippen LogP) is 2.79. The van der Waals surface area contributed by atoms with Crippen molar-refractivity contribution in [1.82, 2.24) is 24.2 Å². The van der Waals surface area contributed by atoms with Crippen molar-refractivity contribution in [2.45, 2.75) is 32.4 Å². The van der Waals surface area contributed by atoms with E-state index >= 15 is 0 Å². The number of carboxylic acids is 1. The van der Waals surface area contributed by atoms with Crippen molar-refractivity contribution in [3.63, 3.8) is 0 Å². The lowest BCUT2D eigenvalue weighted by Gasteiger charge is -2.28. The Kier molecular flexibility index (Phi) is 6.95. The zero-order valence-electron chi connectivity index (χ0n) is 16.8. The molecule has 0 amide bonds. The number of fused-ring (bicyclic) bond motifs is 1. The second-order valence-electron chi connectivity index (χ2n) is 6.88. The Morgan fingerprint density at radius 2 is 1.90 bits per heavy atom. The highest BCUT2D eigenvalue weighted by molar-refractivity contribution is 5.73. The van der Waals surface area contributed by atoms with E-state index < -0.39 is 12.1 Å². The van der Waals surface area contributed by atoms with Gasteiger partial charge in [0, 0.05) is 32.0 Å². The van der Waals surface area contributed by atoms with Crippen LogP contribution in [0.25, 0.3) is 0 Å². The molecule has 166 valence electrons. The van der Waals surface area contributed by atoms with Crippen LogP contribution in [0.4, 0.5) is 13.2 Å². The summed E-state index contributed by atoms with van der Waals surface area (Å²) in [5.74, 6) is -0.722. The molecule has 0 spiro atoms. The van der Waals surface area contributed by atoms with Crippen LogP contribution in [0, 0.1) is 0 Å². The number of aromatic nitrogens is 4. The lowest BCUT2D eigenvalue weighted by molar-refractivity contribution is -0.192. The standard InChI is InChI=1S/C18H21N5O.C2HF3O2/c1-24-17-5-3-15(4-6-17)12-21-9-10-23-16(11-19-18(23)14-21)13-22-8-2-7-20-22;3-2(4,5)1(6)7/h2-8,11H,9-10,12-14H2,1H3;(H,6,7). The van der Waals surface area contributed by atoms with E-state index in [0.29, 0.717) is 0 Å². The van der Waals surface area contributed by atoms with Gasteiger partial charge in [-0.25, -0.2) is 9.78 Å². The minimum Gasteiger partial charge on any atom is -0.497 e. The van der Waals surface area contributed by atoms with Gasteiger partial charge in [0.1, 0.15) is 11.6 Å². The molecule has 0 bridgehead atoms. The molecule has 1 aromatic carbocycles. The lowest BCUT2D eigenvalue weighted by Crippen LogP contribution is -2.34. The van der Waals surface area contributed by atoms with Gasteiger partial charge in [-0.2, -0.15) is 18.3 Å². The molecule has 0 saturated heterocycles. The Morgan fingerprint density at radius 1 is 1.19 bits per heavy atom. The first-order chi connectivity index (χ1) is 14.8. The quantitative estimate of drug-likeness (QED) is 0.661. The normalized spacial score (nSPS) is 13.8. The second kappa shape index (κ2) is 9.65. The molecular formula is C20H22F3N5O3. The highest BCUT2D eigenvalue weighted by Gasteiger charge is 2.38. The van der Waals surface area contributed by atoms with Crippen molar-refractivity contribution >= 4 is 5.97 Å². The van der Waals surface area contributed by atoms with Crippen LogP contribution in [-0.2, 0) is 31.0 Å². The van der Waals surface area contributed by atoms with E-state index in [4.69, 9.17) is 14.6 Å². The molecule has 1 aliphatic heterocycles. The summed E-state index contributed by atoms with van der Waals surface area (Å²) in [6, 6.07) is 10.2. The number of aliphatic carboxylic acids is 1. The number of carboxylic acid groups (broad SMARTS) is 1. The van der Waals surface area contributed by atoms with E-state index in [9.17, 15) is 13.2 Å². The van der Waals surface area contributed by atoms with Crippen molar-refractivity contribution in [3.05, 3.63) is 66.0 Å². The molecule has 0 radical (unpaired) electrons. The van der Waals surface area contributed by atoms with Crippen molar-refractivity contribution < 1.29 is 27.8 Å². The number of imidazole rings is 1. The number of ether oxygens (including phenoxy) is 1. The molecule has 0 aliphatic carbocycles. The first-order valence-electron chi connectivity index (χ1n) is 9.42. The van der Waals surface area contributed by atoms with Gasteiger partial charge < -0.3 is 14.4 Å². The van der Waals surface area contributed by atoms with Crippen LogP contribution in [0.2, 0.25) is 0 Å². The van der Waals surface area contributed by atoms with E-state index in [0.717, 1.165) is 44.3 Å². The van der Waals surface area contributed by atoms with Gasteiger partial charge in [0.15, 0.2) is 0 Å². The third kappa shape index (κ3) is 6.07. The van der Waals surface area contributed by atoms with Crippen LogP contribution >= 0.6 is 0 Å². The summed E-state index contributed by atoms with van der Waals surface area (Å²) in [7, 11) is 1.69. The van der Waals surface area contributed by atoms with Gasteiger partial charge in [-0.1, -0.05) is 12.1 Å². The number of benzene rings is 1. The number of halogens is 3. The van der Waals surface area contributed by atoms with Crippen molar-refractivity contribution in [2.75, 3.05) is 13.7 Å². The molecule has 0 unspecified atom stereocenters. The Morgan fingerprint density at radius 3 is 2.48 bits per heavy atom. The summed E-state index contributed by atoms with van der Waals surface area (Å²) in [6.07, 6.45) is 0.691. The Bertz CT molecular complexity index is 985. The van der Waals surface area contributed by atoms with E-state index in [1.807, 2.05) is 41.5 Å². The predicted molar refractivity (Wildman–Crippen MR) is 104 cm³/mol. The molecule has 0 fully saturated rings. The second-order valence-corrected chi connectivity index (χ2v) is 6.88. The minimum absolute atomic E-state index is 0.776. The molecule has 0 saturated carbocycles. The molecule has 1 N–H and O–H groups in total. The fraction of sp³-hybridized carbons (Fsp3) is 0.350. The lowest BCUT2D eigenvalue weighted by atomic mass is 10.2. The zero-order chi connectivity index (χ0) is 22.4. The molecule has 11 heteroatoms. The first kappa shape index (κ1) is 22.3. The largest absolute Gasteiger partial charge is 0.497 e. The van der Waals surface area contributed by atoms with Gasteiger partial charge in [-0.3, -0.25) is 9.58 Å². The highest BCUT2D eigenvalue weighted by atomic mass is 19.4. The van der Waals surface area contributed by atoms with E-state index in [1.54, 1.807) is 7.11 Å². The molecule has 4 rings (SSSR count). The van der Waals surface area contributed by atoms with Gasteiger partial charge >= 0.3 is 12.1 Å². The zero-order valence-corrected chi connectivity index (χ0v) is 16.8. The van der Waals surface area contributed by atoms with Crippen molar-refractivity contribution in [3.8, 4) is 5.75 Å². The van der Waals surface area contributed by atoms with E-state index in [1.165, 1.54) is 11.3 Å². The summed E-state index contributed by atoms with van der Waals surface area (Å²) in [5, 5.41) is 11.4. The number of carbonyl (C=O) groups is 1. The average Bonchev–Trinajstić information content (AvgIpc) is 3.39. The maximum atomic E-state index is 10.6. The third-order valence-corrected chi connectivity index (χ3v) is 4.72. The summed E-state index contributed by atoms with van der Waals surface area (Å²) >= 11 is 0. The Balaban J connectivity index is 0.000000339. The van der Waals surface area contributed by atoms with Gasteiger partial charge in [0.25, 0.3) is 0 Å². The minimum atomic E-state index is -5.08. The van der Waals surface area contributed by atoms with Crippen LogP contribution in [0.1, 0.15) is 17.1 Å². The molecule has 8 nitrogen and oxygen atoms in total. The molecule has 3 aromatic rings. The van der Waals surface area contributed by atoms with Crippen molar-refractivity contribution in [1.29, 1.82) is 0 Å². The molecule has 31 heavy (non-hydrogen) atoms. The summed E-state index contributed by atoms with van der Waals surface area (Å²) in [4.78, 5) is 15.9. The average molecular weight is 437 g/mol. The molecule has 1 aliphatic rings. The van der Waals surface area contributed by atoms with Crippen LogP contribution in [0.3, 0.4) is 0 Å². The number of methoxy groups -OCH3 is 1. The van der Waals surface area contributed by atoms with Gasteiger partial charge in [0.05, 0.1) is 32.1 Å². The fourth-order valence-electron chi connectivity index (χ4n) is 3.18. The van der Waals surface area contributed by atoms with Gasteiger partial charge in [-0.05, 0) is 23.8 Å². The highest BCUT2D eigenvalue weighted by Crippen LogP contribution is 2.19. The number of hydrogen-bond acceptors (Lipinski definition) is 5. The van der Waals surface area contributed by atoms with Crippen LogP contribution in [0.15, 0.2) is 48.9 Å². The number of rotatable bonds is 5. The Hall–Kier alpha value is -3.34. The number of alkyl halides is 3. The maximum absolute atomic E-state index is 10.6. The van der Waals surface area contributed by atoms with Crippen molar-refractivity contribution in [2.24, 2.45) is 0 Å². The molecule has 3 heterocycles. The first-order valence-corrected chi connectivity index (χ1v) is 9.42. The Labute approximate surface area is 176 Å². The van der Waals surface area contributed by atoms with Crippen LogP contribution in [-0.4, -0.2) is 55.1 Å². The summed E-state index contributed by atoms with van der Waals surface area (Å²) in [6.45, 7) is 4.60. The summed E-state index contributed by atoms with van der Waals surface area (Å²) in [5.41, 5.74) is 2.52. The molecule has 2 aromatic heterocycles. The number of nitrogens with zero attached hydrogens (tertiary/aromatic N) is 5. The maximum Gasteiger partial charge on any atom is 0.490 e. The van der Waals surface area contributed by atoms with Crippen LogP contribution in [0.5, 0.6) is 5.75 Å². The van der Waals surface area contributed by atoms with E-state index in [-0.39, 0.29) is 0 Å². The topological polar surface area (TPSA) is 85.4 Å². The van der Waals surface area contributed by atoms with E-state index in [2.05, 4.69) is 31.7 Å². The third-order valence-electron chi connectivity index (χ3n) is 4.72.